The molecule has 6 rings (SSSR count). The molecule has 2 saturated heterocycles. The fourth-order valence-electron chi connectivity index (χ4n) is 9.88. The van der Waals surface area contributed by atoms with Crippen molar-refractivity contribution in [3.8, 4) is 0 Å². The molecule has 0 aromatic rings. The molecule has 196 valence electrons. The van der Waals surface area contributed by atoms with Crippen LogP contribution in [0.25, 0.3) is 0 Å². The first-order valence-corrected chi connectivity index (χ1v) is 13.2. The highest BCUT2D eigenvalue weighted by Crippen LogP contribution is 2.79. The highest BCUT2D eigenvalue weighted by Gasteiger charge is 2.85. The maximum Gasteiger partial charge on any atom is 0.309 e. The van der Waals surface area contributed by atoms with Gasteiger partial charge in [0.25, 0.3) is 0 Å². The van der Waals surface area contributed by atoms with E-state index >= 15 is 0 Å². The monoisotopic (exact) mass is 501 g/mol. The molecule has 6 aliphatic rings. The van der Waals surface area contributed by atoms with Crippen LogP contribution in [0.15, 0.2) is 11.1 Å². The Bertz CT molecular complexity index is 1100. The summed E-state index contributed by atoms with van der Waals surface area (Å²) in [6.07, 6.45) is 1.53. The second kappa shape index (κ2) is 7.63. The largest absolute Gasteiger partial charge is 0.469 e. The van der Waals surface area contributed by atoms with Crippen molar-refractivity contribution in [1.82, 2.24) is 4.90 Å². The number of esters is 3. The zero-order valence-electron chi connectivity index (χ0n) is 21.4. The van der Waals surface area contributed by atoms with E-state index in [-0.39, 0.29) is 48.9 Å². The van der Waals surface area contributed by atoms with Crippen molar-refractivity contribution in [3.63, 3.8) is 0 Å². The molecule has 2 saturated carbocycles. The number of rotatable bonds is 4. The minimum atomic E-state index is -1.35. The average Bonchev–Trinajstić information content (AvgIpc) is 3.38. The van der Waals surface area contributed by atoms with Crippen LogP contribution in [0.4, 0.5) is 0 Å². The number of nitrogens with zero attached hydrogens (tertiary/aromatic N) is 1. The molecule has 0 amide bonds. The van der Waals surface area contributed by atoms with Crippen molar-refractivity contribution < 1.29 is 38.5 Å². The smallest absolute Gasteiger partial charge is 0.309 e. The third-order valence-corrected chi connectivity index (χ3v) is 10.8. The van der Waals surface area contributed by atoms with Gasteiger partial charge in [0.05, 0.1) is 18.4 Å². The molecule has 1 spiro atoms. The van der Waals surface area contributed by atoms with E-state index in [1.165, 1.54) is 21.0 Å². The second-order valence-electron chi connectivity index (χ2n) is 12.0. The first kappa shape index (κ1) is 24.1. The Labute approximate surface area is 210 Å². The van der Waals surface area contributed by atoms with Crippen molar-refractivity contribution in [1.29, 1.82) is 0 Å². The van der Waals surface area contributed by atoms with Gasteiger partial charge in [-0.15, -0.1) is 0 Å². The lowest BCUT2D eigenvalue weighted by Gasteiger charge is -2.70. The number of ether oxygens (including phenoxy) is 3. The molecular formula is C27H35NO8. The van der Waals surface area contributed by atoms with Gasteiger partial charge in [0.15, 0.2) is 5.78 Å². The first-order chi connectivity index (χ1) is 17.0. The van der Waals surface area contributed by atoms with Gasteiger partial charge in [-0.1, -0.05) is 6.92 Å². The highest BCUT2D eigenvalue weighted by atomic mass is 16.6. The molecule has 9 heteroatoms. The van der Waals surface area contributed by atoms with Gasteiger partial charge < -0.3 is 19.3 Å². The molecule has 2 aliphatic heterocycles. The third-order valence-electron chi connectivity index (χ3n) is 10.8. The Morgan fingerprint density at radius 3 is 2.58 bits per heavy atom. The Morgan fingerprint density at radius 2 is 1.92 bits per heavy atom. The van der Waals surface area contributed by atoms with Crippen LogP contribution in [-0.4, -0.2) is 72.3 Å². The summed E-state index contributed by atoms with van der Waals surface area (Å²) in [7, 11) is 1.35. The van der Waals surface area contributed by atoms with Crippen LogP contribution in [0.2, 0.25) is 0 Å². The third kappa shape index (κ3) is 2.58. The summed E-state index contributed by atoms with van der Waals surface area (Å²) in [5.41, 5.74) is -1.82. The van der Waals surface area contributed by atoms with Gasteiger partial charge in [0, 0.05) is 50.6 Å². The summed E-state index contributed by atoms with van der Waals surface area (Å²) in [6.45, 7) is 6.05. The van der Waals surface area contributed by atoms with Crippen molar-refractivity contribution in [2.24, 2.45) is 40.4 Å². The van der Waals surface area contributed by atoms with Gasteiger partial charge in [-0.25, -0.2) is 0 Å². The van der Waals surface area contributed by atoms with Crippen molar-refractivity contribution in [2.75, 3.05) is 26.8 Å². The van der Waals surface area contributed by atoms with Crippen molar-refractivity contribution in [2.45, 2.75) is 64.7 Å². The molecule has 2 heterocycles. The van der Waals surface area contributed by atoms with E-state index in [9.17, 15) is 24.3 Å². The number of carbonyl (C=O) groups excluding carboxylic acids is 4. The number of aliphatic hydroxyl groups is 1. The van der Waals surface area contributed by atoms with E-state index in [4.69, 9.17) is 14.2 Å². The first-order valence-electron chi connectivity index (χ1n) is 13.2. The van der Waals surface area contributed by atoms with E-state index in [1.807, 2.05) is 0 Å². The average molecular weight is 502 g/mol. The lowest BCUT2D eigenvalue weighted by atomic mass is 9.41. The number of Topliss-reactive ketones (excluding diaryl/α,β-unsaturated/α-hetero) is 1. The highest BCUT2D eigenvalue weighted by molar-refractivity contribution is 6.01. The second-order valence-corrected chi connectivity index (χ2v) is 12.0. The van der Waals surface area contributed by atoms with Crippen LogP contribution in [0, 0.1) is 40.4 Å². The van der Waals surface area contributed by atoms with Gasteiger partial charge in [-0.3, -0.25) is 24.1 Å². The standard InChI is InChI=1S/C27H35NO8/c1-13-10-28-11-16-5-6-17-21(31)7-18-19(24(32)34-4)9-26(23(17)18)25(16,12-35-14(2)29)22(36-15(3)30)8-20(13)27(26,28)33/h13,16,18-20,22,33H,5-12H2,1-4H3. The van der Waals surface area contributed by atoms with Gasteiger partial charge in [-0.05, 0) is 48.7 Å². The molecule has 9 nitrogen and oxygen atoms in total. The predicted molar refractivity (Wildman–Crippen MR) is 124 cm³/mol. The number of methoxy groups -OCH3 is 1. The molecule has 9 unspecified atom stereocenters. The zero-order chi connectivity index (χ0) is 25.8. The summed E-state index contributed by atoms with van der Waals surface area (Å²) in [4.78, 5) is 53.4. The quantitative estimate of drug-likeness (QED) is 0.453. The lowest BCUT2D eigenvalue weighted by molar-refractivity contribution is -0.334. The van der Waals surface area contributed by atoms with Crippen LogP contribution in [0.5, 0.6) is 0 Å². The molecule has 0 aromatic heterocycles. The van der Waals surface area contributed by atoms with Crippen molar-refractivity contribution in [3.05, 3.63) is 11.1 Å². The normalized spacial score (nSPS) is 46.3. The predicted octanol–water partition coefficient (Wildman–Crippen LogP) is 1.62. The number of carbonyl (C=O) groups is 4. The van der Waals surface area contributed by atoms with Crippen LogP contribution in [0.3, 0.4) is 0 Å². The maximum absolute atomic E-state index is 13.4. The summed E-state index contributed by atoms with van der Waals surface area (Å²) in [5.74, 6) is -2.43. The number of piperidine rings is 1. The minimum Gasteiger partial charge on any atom is -0.469 e. The number of hydrogen-bond acceptors (Lipinski definition) is 9. The number of ketones is 1. The molecule has 4 bridgehead atoms. The van der Waals surface area contributed by atoms with Crippen LogP contribution < -0.4 is 0 Å². The summed E-state index contributed by atoms with van der Waals surface area (Å²) in [5, 5.41) is 13.0. The molecule has 0 aromatic carbocycles. The molecule has 36 heavy (non-hydrogen) atoms. The van der Waals surface area contributed by atoms with Gasteiger partial charge >= 0.3 is 17.9 Å². The summed E-state index contributed by atoms with van der Waals surface area (Å²) in [6, 6.07) is 0. The SMILES string of the molecule is COC(=O)C1CC23C4=C(CCC5CN6CC(C)C(CC(OC(C)=O)C52COC(C)=O)C63O)C(=O)CC41. The van der Waals surface area contributed by atoms with E-state index in [1.54, 1.807) is 0 Å². The zero-order valence-corrected chi connectivity index (χ0v) is 21.4. The van der Waals surface area contributed by atoms with Gasteiger partial charge in [-0.2, -0.15) is 0 Å². The summed E-state index contributed by atoms with van der Waals surface area (Å²) >= 11 is 0. The van der Waals surface area contributed by atoms with E-state index < -0.39 is 46.5 Å². The van der Waals surface area contributed by atoms with Crippen LogP contribution in [0.1, 0.15) is 52.9 Å². The molecular weight excluding hydrogens is 466 g/mol. The van der Waals surface area contributed by atoms with Crippen LogP contribution in [-0.2, 0) is 33.4 Å². The molecule has 0 radical (unpaired) electrons. The Morgan fingerprint density at radius 1 is 1.17 bits per heavy atom. The van der Waals surface area contributed by atoms with Crippen LogP contribution >= 0.6 is 0 Å². The Hall–Kier alpha value is -2.26. The topological polar surface area (TPSA) is 119 Å². The van der Waals surface area contributed by atoms with Crippen molar-refractivity contribution >= 4 is 23.7 Å². The van der Waals surface area contributed by atoms with E-state index in [2.05, 4.69) is 11.8 Å². The number of hydrogen-bond donors (Lipinski definition) is 1. The lowest BCUT2D eigenvalue weighted by Crippen LogP contribution is -2.79. The van der Waals surface area contributed by atoms with E-state index in [0.29, 0.717) is 32.4 Å². The Kier molecular flexibility index (Phi) is 5.11. The minimum absolute atomic E-state index is 0.0271. The fraction of sp³-hybridized carbons (Fsp3) is 0.778. The molecule has 9 atom stereocenters. The molecule has 4 aliphatic carbocycles. The van der Waals surface area contributed by atoms with Gasteiger partial charge in [0.1, 0.15) is 18.4 Å². The number of allylic oxidation sites excluding steroid dienone is 1. The maximum atomic E-state index is 13.4. The van der Waals surface area contributed by atoms with E-state index in [0.717, 1.165) is 11.1 Å². The Balaban J connectivity index is 1.69. The fourth-order valence-corrected chi connectivity index (χ4v) is 9.88. The summed E-state index contributed by atoms with van der Waals surface area (Å²) < 4.78 is 17.1. The van der Waals surface area contributed by atoms with Gasteiger partial charge in [0.2, 0.25) is 0 Å². The molecule has 1 N–H and O–H groups in total. The molecule has 4 fully saturated rings.